The normalized spacial score (nSPS) is 17.7. The Morgan fingerprint density at radius 3 is 2.60 bits per heavy atom. The Bertz CT molecular complexity index is 487. The van der Waals surface area contributed by atoms with E-state index >= 15 is 0 Å². The predicted molar refractivity (Wildman–Crippen MR) is 79.2 cm³/mol. The zero-order chi connectivity index (χ0) is 14.6. The first-order chi connectivity index (χ1) is 9.56. The van der Waals surface area contributed by atoms with E-state index in [2.05, 4.69) is 5.32 Å². The van der Waals surface area contributed by atoms with Gasteiger partial charge in [-0.05, 0) is 25.0 Å². The largest absolute Gasteiger partial charge is 0.396 e. The highest BCUT2D eigenvalue weighted by Gasteiger charge is 2.31. The van der Waals surface area contributed by atoms with Crippen molar-refractivity contribution in [1.29, 1.82) is 0 Å². The molecule has 1 aromatic carbocycles. The summed E-state index contributed by atoms with van der Waals surface area (Å²) in [5.41, 5.74) is 0.581. The van der Waals surface area contributed by atoms with Crippen LogP contribution in [0.15, 0.2) is 18.2 Å². The number of hydrogen-bond donors (Lipinski definition) is 2. The lowest BCUT2D eigenvalue weighted by molar-refractivity contribution is -0.384. The minimum atomic E-state index is -0.498. The zero-order valence-corrected chi connectivity index (χ0v) is 12.0. The first-order valence-electron chi connectivity index (χ1n) is 6.85. The Labute approximate surface area is 123 Å². The van der Waals surface area contributed by atoms with E-state index in [9.17, 15) is 15.2 Å². The molecule has 0 amide bonds. The first kappa shape index (κ1) is 15.1. The van der Waals surface area contributed by atoms with Crippen LogP contribution in [0.25, 0.3) is 0 Å². The molecule has 0 saturated heterocycles. The molecule has 0 bridgehead atoms. The molecule has 0 aliphatic heterocycles. The molecule has 0 aromatic heterocycles. The van der Waals surface area contributed by atoms with E-state index in [0.717, 1.165) is 31.4 Å². The quantitative estimate of drug-likeness (QED) is 0.643. The topological polar surface area (TPSA) is 75.4 Å². The molecule has 0 unspecified atom stereocenters. The number of benzene rings is 1. The number of aliphatic hydroxyl groups is 1. The summed E-state index contributed by atoms with van der Waals surface area (Å²) >= 11 is 5.88. The summed E-state index contributed by atoms with van der Waals surface area (Å²) in [6, 6.07) is 4.61. The van der Waals surface area contributed by atoms with E-state index in [1.807, 2.05) is 0 Å². The van der Waals surface area contributed by atoms with Crippen molar-refractivity contribution in [3.05, 3.63) is 33.3 Å². The number of aliphatic hydroxyl groups excluding tert-OH is 1. The second kappa shape index (κ2) is 6.41. The summed E-state index contributed by atoms with van der Waals surface area (Å²) in [5, 5.41) is 23.7. The third-order valence-electron chi connectivity index (χ3n) is 4.06. The molecule has 1 aliphatic carbocycles. The summed E-state index contributed by atoms with van der Waals surface area (Å²) < 4.78 is 0. The molecule has 110 valence electrons. The fraction of sp³-hybridized carbons (Fsp3) is 0.571. The second-order valence-electron chi connectivity index (χ2n) is 5.50. The van der Waals surface area contributed by atoms with E-state index in [1.165, 1.54) is 12.5 Å². The molecule has 0 radical (unpaired) electrons. The fourth-order valence-corrected chi connectivity index (χ4v) is 3.00. The highest BCUT2D eigenvalue weighted by Crippen LogP contribution is 2.36. The number of rotatable bonds is 5. The van der Waals surface area contributed by atoms with Gasteiger partial charge in [0.15, 0.2) is 0 Å². The minimum Gasteiger partial charge on any atom is -0.396 e. The van der Waals surface area contributed by atoms with Crippen LogP contribution in [-0.2, 0) is 0 Å². The second-order valence-corrected chi connectivity index (χ2v) is 5.90. The molecular weight excluding hydrogens is 280 g/mol. The van der Waals surface area contributed by atoms with Gasteiger partial charge in [0, 0.05) is 23.7 Å². The summed E-state index contributed by atoms with van der Waals surface area (Å²) in [7, 11) is 0. The predicted octanol–water partition coefficient (Wildman–Crippen LogP) is 3.60. The van der Waals surface area contributed by atoms with E-state index in [0.29, 0.717) is 6.54 Å². The fourth-order valence-electron chi connectivity index (χ4n) is 2.75. The van der Waals surface area contributed by atoms with Crippen LogP contribution in [0.3, 0.4) is 0 Å². The van der Waals surface area contributed by atoms with Crippen molar-refractivity contribution in [3.63, 3.8) is 0 Å². The molecule has 2 rings (SSSR count). The highest BCUT2D eigenvalue weighted by molar-refractivity contribution is 6.32. The molecule has 1 fully saturated rings. The van der Waals surface area contributed by atoms with Gasteiger partial charge in [-0.1, -0.05) is 30.9 Å². The van der Waals surface area contributed by atoms with Crippen LogP contribution >= 0.6 is 11.6 Å². The Balaban J connectivity index is 2.03. The maximum atomic E-state index is 10.7. The van der Waals surface area contributed by atoms with Crippen molar-refractivity contribution >= 4 is 23.0 Å². The van der Waals surface area contributed by atoms with E-state index < -0.39 is 4.92 Å². The smallest absolute Gasteiger partial charge is 0.288 e. The number of hydrogen-bond acceptors (Lipinski definition) is 4. The van der Waals surface area contributed by atoms with Gasteiger partial charge < -0.3 is 10.4 Å². The van der Waals surface area contributed by atoms with E-state index in [4.69, 9.17) is 11.6 Å². The summed E-state index contributed by atoms with van der Waals surface area (Å²) in [5.74, 6) is 0. The zero-order valence-electron chi connectivity index (χ0n) is 11.3. The summed E-state index contributed by atoms with van der Waals surface area (Å²) in [6.45, 7) is 0.832. The van der Waals surface area contributed by atoms with Crippen LogP contribution in [0.2, 0.25) is 5.02 Å². The lowest BCUT2D eigenvalue weighted by atomic mass is 9.74. The summed E-state index contributed by atoms with van der Waals surface area (Å²) in [6.07, 6.45) is 5.53. The minimum absolute atomic E-state index is 0.0769. The third kappa shape index (κ3) is 3.41. The van der Waals surface area contributed by atoms with Crippen LogP contribution < -0.4 is 5.32 Å². The van der Waals surface area contributed by atoms with Gasteiger partial charge in [0.2, 0.25) is 0 Å². The average molecular weight is 299 g/mol. The Kier molecular flexibility index (Phi) is 4.83. The molecule has 20 heavy (non-hydrogen) atoms. The molecule has 2 N–H and O–H groups in total. The highest BCUT2D eigenvalue weighted by atomic mass is 35.5. The van der Waals surface area contributed by atoms with Crippen molar-refractivity contribution in [1.82, 2.24) is 0 Å². The Hall–Kier alpha value is -1.33. The van der Waals surface area contributed by atoms with Gasteiger partial charge in [-0.3, -0.25) is 10.1 Å². The van der Waals surface area contributed by atoms with Crippen LogP contribution in [0.1, 0.15) is 32.1 Å². The van der Waals surface area contributed by atoms with E-state index in [1.54, 1.807) is 12.1 Å². The lowest BCUT2D eigenvalue weighted by Crippen LogP contribution is -2.35. The van der Waals surface area contributed by atoms with Gasteiger partial charge >= 0.3 is 0 Å². The number of halogens is 1. The lowest BCUT2D eigenvalue weighted by Gasteiger charge is -2.36. The van der Waals surface area contributed by atoms with Gasteiger partial charge in [-0.2, -0.15) is 0 Å². The van der Waals surface area contributed by atoms with Crippen LogP contribution in [0.4, 0.5) is 11.4 Å². The standard InChI is InChI=1S/C14H19ClN2O3/c15-12-8-11(4-5-13(12)17(19)20)16-9-14(10-18)6-2-1-3-7-14/h4-5,8,16,18H,1-3,6-7,9-10H2. The monoisotopic (exact) mass is 298 g/mol. The van der Waals surface area contributed by atoms with Crippen molar-refractivity contribution < 1.29 is 10.0 Å². The molecule has 5 nitrogen and oxygen atoms in total. The van der Waals surface area contributed by atoms with Crippen molar-refractivity contribution in [2.75, 3.05) is 18.5 Å². The number of nitrogens with one attached hydrogen (secondary N) is 1. The molecule has 0 spiro atoms. The van der Waals surface area contributed by atoms with Crippen molar-refractivity contribution in [3.8, 4) is 0 Å². The van der Waals surface area contributed by atoms with Gasteiger partial charge in [0.1, 0.15) is 5.02 Å². The van der Waals surface area contributed by atoms with Crippen molar-refractivity contribution in [2.45, 2.75) is 32.1 Å². The Morgan fingerprint density at radius 2 is 2.05 bits per heavy atom. The molecule has 1 saturated carbocycles. The number of anilines is 1. The molecular formula is C14H19ClN2O3. The molecule has 1 aliphatic rings. The number of nitrogens with zero attached hydrogens (tertiary/aromatic N) is 1. The van der Waals surface area contributed by atoms with E-state index in [-0.39, 0.29) is 22.7 Å². The third-order valence-corrected chi connectivity index (χ3v) is 4.36. The molecule has 0 atom stereocenters. The molecule has 1 aromatic rings. The molecule has 6 heteroatoms. The SMILES string of the molecule is O=[N+]([O-])c1ccc(NCC2(CO)CCCCC2)cc1Cl. The van der Waals surface area contributed by atoms with Gasteiger partial charge in [0.05, 0.1) is 11.5 Å². The average Bonchev–Trinajstić information content (AvgIpc) is 2.46. The Morgan fingerprint density at radius 1 is 1.35 bits per heavy atom. The van der Waals surface area contributed by atoms with Gasteiger partial charge in [-0.15, -0.1) is 0 Å². The van der Waals surface area contributed by atoms with Gasteiger partial charge in [-0.25, -0.2) is 0 Å². The van der Waals surface area contributed by atoms with Crippen LogP contribution in [0, 0.1) is 15.5 Å². The van der Waals surface area contributed by atoms with Gasteiger partial charge in [0.25, 0.3) is 5.69 Å². The van der Waals surface area contributed by atoms with Crippen molar-refractivity contribution in [2.24, 2.45) is 5.41 Å². The van der Waals surface area contributed by atoms with Crippen LogP contribution in [-0.4, -0.2) is 23.2 Å². The summed E-state index contributed by atoms with van der Waals surface area (Å²) in [4.78, 5) is 10.2. The number of nitro groups is 1. The molecule has 0 heterocycles. The number of nitro benzene ring substituents is 1. The van der Waals surface area contributed by atoms with Crippen LogP contribution in [0.5, 0.6) is 0 Å². The maximum absolute atomic E-state index is 10.7. The first-order valence-corrected chi connectivity index (χ1v) is 7.23. The maximum Gasteiger partial charge on any atom is 0.288 e.